The summed E-state index contributed by atoms with van der Waals surface area (Å²) in [6.07, 6.45) is 0. The fourth-order valence-electron chi connectivity index (χ4n) is 2.06. The monoisotopic (exact) mass is 777 g/mol. The molecule has 0 unspecified atom stereocenters. The second kappa shape index (κ2) is 10.3. The fourth-order valence-corrected chi connectivity index (χ4v) is 3.69. The zero-order valence-electron chi connectivity index (χ0n) is 14.5. The molecule has 0 atom stereocenters. The fraction of sp³-hybridized carbons (Fsp3) is 0.167. The number of aromatic nitrogens is 6. The molecule has 12 nitrogen and oxygen atoms in total. The van der Waals surface area contributed by atoms with Crippen LogP contribution < -0.4 is 45.6 Å². The van der Waals surface area contributed by atoms with Crippen LogP contribution in [0, 0.1) is 0 Å². The number of H-pyrrole nitrogens is 2. The molecule has 0 aromatic carbocycles. The molecule has 6 N–H and O–H groups in total. The van der Waals surface area contributed by atoms with Gasteiger partial charge in [-0.05, 0) is 0 Å². The van der Waals surface area contributed by atoms with Crippen molar-refractivity contribution in [1.82, 2.24) is 29.1 Å². The Morgan fingerprint density at radius 2 is 1.14 bits per heavy atom. The van der Waals surface area contributed by atoms with Crippen molar-refractivity contribution in [3.05, 3.63) is 40.0 Å². The first-order chi connectivity index (χ1) is 13.6. The van der Waals surface area contributed by atoms with E-state index in [0.717, 1.165) is 22.7 Å². The van der Waals surface area contributed by atoms with Crippen molar-refractivity contribution in [1.29, 1.82) is 0 Å². The third-order valence-corrected chi connectivity index (χ3v) is 5.36. The molecule has 29 heavy (non-hydrogen) atoms. The van der Waals surface area contributed by atoms with E-state index in [-0.39, 0.29) is 32.8 Å². The van der Waals surface area contributed by atoms with Crippen LogP contribution in [0.2, 0.25) is 0 Å². The van der Waals surface area contributed by atoms with Crippen molar-refractivity contribution in [2.75, 3.05) is 11.5 Å². The van der Waals surface area contributed by atoms with Crippen LogP contribution in [0.4, 0.5) is 11.9 Å². The van der Waals surface area contributed by atoms with Crippen LogP contribution in [0.5, 0.6) is 0 Å². The molecule has 0 saturated carbocycles. The molecular formula is C12H12I3N8O4S2-. The number of nitrogen functional groups attached to an aromatic ring is 2. The van der Waals surface area contributed by atoms with Gasteiger partial charge in [-0.25, -0.2) is 0 Å². The van der Waals surface area contributed by atoms with Crippen molar-refractivity contribution in [2.24, 2.45) is 14.1 Å². The predicted molar refractivity (Wildman–Crippen MR) is 128 cm³/mol. The number of halogens is 3. The summed E-state index contributed by atoms with van der Waals surface area (Å²) in [6.45, 7) is 0. The van der Waals surface area contributed by atoms with E-state index in [4.69, 9.17) is 11.5 Å². The van der Waals surface area contributed by atoms with E-state index in [9.17, 15) is 19.2 Å². The molecule has 0 aliphatic rings. The minimum absolute atomic E-state index is 0.0194. The van der Waals surface area contributed by atoms with Gasteiger partial charge in [-0.15, -0.1) is 0 Å². The Hall–Kier alpha value is -1.07. The SMILES string of the molecule is Cn1c(=O)sc2c(=O)[nH]c(N)nc21.Cn1c(=O)sc2c(=O)[nH]c(N)nc21.I[I-]I. The van der Waals surface area contributed by atoms with Crippen LogP contribution in [-0.4, -0.2) is 29.1 Å². The second-order valence-corrected chi connectivity index (χ2v) is 23.3. The molecule has 4 heterocycles. The molecular weight excluding hydrogens is 765 g/mol. The number of thiazole rings is 2. The van der Waals surface area contributed by atoms with Gasteiger partial charge < -0.3 is 11.5 Å². The molecule has 0 aliphatic carbocycles. The van der Waals surface area contributed by atoms with Gasteiger partial charge in [0.05, 0.1) is 0 Å². The molecule has 0 aliphatic heterocycles. The number of nitrogens with zero attached hydrogens (tertiary/aromatic N) is 4. The van der Waals surface area contributed by atoms with Crippen LogP contribution in [0.15, 0.2) is 19.2 Å². The number of nitrogens with two attached hydrogens (primary N) is 2. The summed E-state index contributed by atoms with van der Waals surface area (Å²) in [7, 11) is 3.10. The van der Waals surface area contributed by atoms with Gasteiger partial charge in [0.2, 0.25) is 11.9 Å². The van der Waals surface area contributed by atoms with E-state index in [1.807, 2.05) is 0 Å². The van der Waals surface area contributed by atoms with Gasteiger partial charge in [-0.2, -0.15) is 9.97 Å². The number of aryl methyl sites for hydroxylation is 2. The standard InChI is InChI=1S/2C6H6N4O2S.I3/c2*1-10-3-2(13-6(10)12)4(11)9-5(7)8-3;1-3-2/h2*1H3,(H3,7,8,9,11);/q;;-1. The summed E-state index contributed by atoms with van der Waals surface area (Å²) in [5.74, 6) is 0.0387. The van der Waals surface area contributed by atoms with Gasteiger partial charge in [-0.3, -0.25) is 38.3 Å². The third-order valence-electron chi connectivity index (χ3n) is 3.32. The molecule has 0 radical (unpaired) electrons. The number of aromatic amines is 2. The number of hydrogen-bond donors (Lipinski definition) is 4. The molecule has 158 valence electrons. The van der Waals surface area contributed by atoms with Crippen molar-refractivity contribution in [3.63, 3.8) is 0 Å². The number of fused-ring (bicyclic) bond motifs is 2. The van der Waals surface area contributed by atoms with Crippen LogP contribution in [0.1, 0.15) is 0 Å². The Kier molecular flexibility index (Phi) is 8.59. The quantitative estimate of drug-likeness (QED) is 0.139. The van der Waals surface area contributed by atoms with E-state index in [0.29, 0.717) is 33.9 Å². The molecule has 4 rings (SSSR count). The average molecular weight is 777 g/mol. The van der Waals surface area contributed by atoms with Gasteiger partial charge in [0, 0.05) is 14.1 Å². The Morgan fingerprint density at radius 1 is 0.828 bits per heavy atom. The summed E-state index contributed by atoms with van der Waals surface area (Å²) in [6, 6.07) is 0. The molecule has 0 spiro atoms. The van der Waals surface area contributed by atoms with E-state index < -0.39 is 0 Å². The third kappa shape index (κ3) is 5.55. The van der Waals surface area contributed by atoms with Crippen molar-refractivity contribution < 1.29 is 13.3 Å². The zero-order valence-corrected chi connectivity index (χ0v) is 22.6. The van der Waals surface area contributed by atoms with Gasteiger partial charge in [-0.1, -0.05) is 22.7 Å². The van der Waals surface area contributed by atoms with Crippen LogP contribution in [0.3, 0.4) is 0 Å². The molecule has 0 saturated heterocycles. The van der Waals surface area contributed by atoms with E-state index in [2.05, 4.69) is 57.2 Å². The maximum atomic E-state index is 11.2. The van der Waals surface area contributed by atoms with Gasteiger partial charge in [0.15, 0.2) is 11.3 Å². The summed E-state index contributed by atoms with van der Waals surface area (Å²) < 4.78 is 3.21. The first kappa shape index (κ1) is 24.2. The van der Waals surface area contributed by atoms with Gasteiger partial charge in [0.1, 0.15) is 9.40 Å². The minimum atomic E-state index is -0.370. The zero-order chi connectivity index (χ0) is 21.9. The summed E-state index contributed by atoms with van der Waals surface area (Å²) in [5.41, 5.74) is 10.6. The molecule has 17 heteroatoms. The van der Waals surface area contributed by atoms with Crippen LogP contribution >= 0.6 is 59.9 Å². The summed E-state index contributed by atoms with van der Waals surface area (Å²) in [4.78, 5) is 56.7. The number of anilines is 2. The Balaban J connectivity index is 0.000000183. The normalized spacial score (nSPS) is 10.5. The second-order valence-electron chi connectivity index (χ2n) is 5.12. The number of rotatable bonds is 0. The van der Waals surface area contributed by atoms with Gasteiger partial charge >= 0.3 is 60.2 Å². The van der Waals surface area contributed by atoms with E-state index in [1.165, 1.54) is 9.13 Å². The Bertz CT molecular complexity index is 1290. The molecule has 0 amide bonds. The van der Waals surface area contributed by atoms with E-state index in [1.54, 1.807) is 14.1 Å². The molecule has 4 aromatic heterocycles. The van der Waals surface area contributed by atoms with Crippen molar-refractivity contribution in [2.45, 2.75) is 0 Å². The van der Waals surface area contributed by atoms with Gasteiger partial charge in [0.25, 0.3) is 11.1 Å². The topological polar surface area (TPSA) is 188 Å². The first-order valence-corrected chi connectivity index (χ1v) is 21.4. The average Bonchev–Trinajstić information content (AvgIpc) is 3.08. The van der Waals surface area contributed by atoms with Crippen molar-refractivity contribution >= 4 is 92.5 Å². The molecule has 0 fully saturated rings. The predicted octanol–water partition coefficient (Wildman–Crippen LogP) is -2.69. The Morgan fingerprint density at radius 3 is 1.45 bits per heavy atom. The van der Waals surface area contributed by atoms with E-state index >= 15 is 0 Å². The van der Waals surface area contributed by atoms with Crippen LogP contribution in [-0.2, 0) is 14.1 Å². The number of hydrogen-bond acceptors (Lipinski definition) is 10. The summed E-state index contributed by atoms with van der Waals surface area (Å²) in [5, 5.41) is 0. The van der Waals surface area contributed by atoms with Crippen molar-refractivity contribution in [3.8, 4) is 0 Å². The maximum absolute atomic E-state index is 11.2. The first-order valence-electron chi connectivity index (χ1n) is 7.18. The molecule has 4 aromatic rings. The number of nitrogens with one attached hydrogen (secondary N) is 2. The molecule has 0 bridgehead atoms. The Labute approximate surface area is 198 Å². The summed E-state index contributed by atoms with van der Waals surface area (Å²) >= 11 is 7.02. The van der Waals surface area contributed by atoms with Crippen LogP contribution in [0.25, 0.3) is 20.7 Å².